The zero-order valence-corrected chi connectivity index (χ0v) is 10.0. The Kier molecular flexibility index (Phi) is 5.94. The Hall–Kier alpha value is -1.09. The first-order valence-corrected chi connectivity index (χ1v) is 5.22. The van der Waals surface area contributed by atoms with Crippen molar-refractivity contribution in [3.8, 4) is 0 Å². The minimum Gasteiger partial charge on any atom is -0.510 e. The second-order valence-corrected chi connectivity index (χ2v) is 3.90. The van der Waals surface area contributed by atoms with E-state index in [0.717, 1.165) is 12.0 Å². The summed E-state index contributed by atoms with van der Waals surface area (Å²) >= 11 is 0. The average Bonchev–Trinajstić information content (AvgIpc) is 2.23. The first-order valence-electron chi connectivity index (χ1n) is 5.22. The van der Waals surface area contributed by atoms with Gasteiger partial charge < -0.3 is 5.11 Å². The van der Waals surface area contributed by atoms with Gasteiger partial charge in [-0.3, -0.25) is 10.1 Å². The molecule has 0 aromatic rings. The fourth-order valence-electron chi connectivity index (χ4n) is 1.10. The van der Waals surface area contributed by atoms with Gasteiger partial charge in [-0.2, -0.15) is 0 Å². The number of hydrogen-bond donors (Lipinski definition) is 2. The predicted octanol–water partition coefficient (Wildman–Crippen LogP) is 2.35. The van der Waals surface area contributed by atoms with E-state index < -0.39 is 6.04 Å². The monoisotopic (exact) mass is 211 g/mol. The fourth-order valence-corrected chi connectivity index (χ4v) is 1.10. The number of aliphatic hydroxyl groups excluding tert-OH is 1. The summed E-state index contributed by atoms with van der Waals surface area (Å²) in [6, 6.07) is -0.470. The van der Waals surface area contributed by atoms with E-state index >= 15 is 0 Å². The number of rotatable bonds is 6. The molecule has 0 amide bonds. The van der Waals surface area contributed by atoms with E-state index in [1.807, 2.05) is 13.8 Å². The van der Waals surface area contributed by atoms with E-state index in [0.29, 0.717) is 0 Å². The average molecular weight is 211 g/mol. The second-order valence-electron chi connectivity index (χ2n) is 3.90. The summed E-state index contributed by atoms with van der Waals surface area (Å²) in [6.07, 6.45) is 2.14. The first-order chi connectivity index (χ1) is 6.93. The van der Waals surface area contributed by atoms with Crippen LogP contribution in [-0.2, 0) is 4.79 Å². The Labute approximate surface area is 91.9 Å². The number of aliphatic hydroxyl groups is 1. The summed E-state index contributed by atoms with van der Waals surface area (Å²) in [4.78, 5) is 11.5. The molecule has 3 nitrogen and oxygen atoms in total. The molecule has 0 aromatic carbocycles. The molecule has 0 aromatic heterocycles. The zero-order chi connectivity index (χ0) is 12.0. The van der Waals surface area contributed by atoms with Crippen molar-refractivity contribution < 1.29 is 9.90 Å². The van der Waals surface area contributed by atoms with E-state index in [1.54, 1.807) is 13.8 Å². The van der Waals surface area contributed by atoms with Crippen molar-refractivity contribution in [3.63, 3.8) is 0 Å². The Morgan fingerprint density at radius 3 is 2.40 bits per heavy atom. The summed E-state index contributed by atoms with van der Waals surface area (Å²) in [5.41, 5.74) is 0.742. The van der Waals surface area contributed by atoms with Gasteiger partial charge in [-0.05, 0) is 38.8 Å². The van der Waals surface area contributed by atoms with Crippen molar-refractivity contribution in [1.29, 1.82) is 0 Å². The highest BCUT2D eigenvalue weighted by molar-refractivity contribution is 5.95. The molecule has 2 atom stereocenters. The van der Waals surface area contributed by atoms with Crippen LogP contribution in [0.3, 0.4) is 0 Å². The van der Waals surface area contributed by atoms with Gasteiger partial charge in [0.1, 0.15) is 11.8 Å². The molecule has 0 aliphatic heterocycles. The fraction of sp³-hybridized carbons (Fsp3) is 0.583. The Bertz CT molecular complexity index is 265. The molecule has 0 saturated heterocycles. The van der Waals surface area contributed by atoms with Crippen LogP contribution in [0.4, 0.5) is 0 Å². The largest absolute Gasteiger partial charge is 0.510 e. The normalized spacial score (nSPS) is 14.1. The van der Waals surface area contributed by atoms with Gasteiger partial charge in [-0.25, -0.2) is 0 Å². The molecule has 0 spiro atoms. The van der Waals surface area contributed by atoms with Gasteiger partial charge in [0.2, 0.25) is 0 Å². The molecule has 0 bridgehead atoms. The third kappa shape index (κ3) is 4.30. The van der Waals surface area contributed by atoms with Gasteiger partial charge in [0.15, 0.2) is 5.78 Å². The van der Waals surface area contributed by atoms with Crippen LogP contribution < -0.4 is 5.32 Å². The number of hydrogen-bond acceptors (Lipinski definition) is 3. The SMILES string of the molecule is C=CC(=O)C(NC(C)CC)C(O)=C(C)C. The van der Waals surface area contributed by atoms with E-state index in [-0.39, 0.29) is 17.6 Å². The van der Waals surface area contributed by atoms with Gasteiger partial charge in [-0.15, -0.1) is 0 Å². The highest BCUT2D eigenvalue weighted by atomic mass is 16.3. The molecule has 0 rings (SSSR count). The van der Waals surface area contributed by atoms with Gasteiger partial charge >= 0.3 is 0 Å². The van der Waals surface area contributed by atoms with Crippen LogP contribution >= 0.6 is 0 Å². The lowest BCUT2D eigenvalue weighted by molar-refractivity contribution is -0.116. The van der Waals surface area contributed by atoms with E-state index in [1.165, 1.54) is 6.08 Å². The summed E-state index contributed by atoms with van der Waals surface area (Å²) in [5, 5.41) is 12.9. The van der Waals surface area contributed by atoms with Crippen LogP contribution in [0.15, 0.2) is 24.0 Å². The molecule has 0 saturated carbocycles. The Morgan fingerprint density at radius 2 is 2.07 bits per heavy atom. The molecular weight excluding hydrogens is 190 g/mol. The highest BCUT2D eigenvalue weighted by Crippen LogP contribution is 2.08. The smallest absolute Gasteiger partial charge is 0.179 e. The second kappa shape index (κ2) is 6.40. The molecular formula is C12H21NO2. The van der Waals surface area contributed by atoms with Crippen molar-refractivity contribution >= 4 is 5.78 Å². The van der Waals surface area contributed by atoms with Crippen LogP contribution in [0, 0.1) is 0 Å². The van der Waals surface area contributed by atoms with Gasteiger partial charge in [-0.1, -0.05) is 13.5 Å². The highest BCUT2D eigenvalue weighted by Gasteiger charge is 2.22. The minimum absolute atomic E-state index is 0.0974. The lowest BCUT2D eigenvalue weighted by Gasteiger charge is -2.20. The number of allylic oxidation sites excluding steroid dienone is 1. The van der Waals surface area contributed by atoms with Crippen LogP contribution in [-0.4, -0.2) is 23.0 Å². The molecule has 2 N–H and O–H groups in total. The maximum atomic E-state index is 11.5. The topological polar surface area (TPSA) is 49.3 Å². The van der Waals surface area contributed by atoms with E-state index in [9.17, 15) is 9.90 Å². The Morgan fingerprint density at radius 1 is 1.53 bits per heavy atom. The molecule has 0 heterocycles. The van der Waals surface area contributed by atoms with Gasteiger partial charge in [0.25, 0.3) is 0 Å². The predicted molar refractivity (Wildman–Crippen MR) is 62.9 cm³/mol. The number of ketones is 1. The van der Waals surface area contributed by atoms with Crippen molar-refractivity contribution in [1.82, 2.24) is 5.32 Å². The quantitative estimate of drug-likeness (QED) is 0.523. The van der Waals surface area contributed by atoms with Crippen molar-refractivity contribution in [2.45, 2.75) is 46.2 Å². The minimum atomic E-state index is -0.651. The maximum Gasteiger partial charge on any atom is 0.179 e. The van der Waals surface area contributed by atoms with Crippen LogP contribution in [0.5, 0.6) is 0 Å². The molecule has 0 radical (unpaired) electrons. The molecule has 0 fully saturated rings. The number of carbonyl (C=O) groups excluding carboxylic acids is 1. The molecule has 2 unspecified atom stereocenters. The van der Waals surface area contributed by atoms with Crippen molar-refractivity contribution in [3.05, 3.63) is 24.0 Å². The summed E-state index contributed by atoms with van der Waals surface area (Å²) in [6.45, 7) is 11.0. The molecule has 86 valence electrons. The van der Waals surface area contributed by atoms with Crippen molar-refractivity contribution in [2.24, 2.45) is 0 Å². The van der Waals surface area contributed by atoms with Crippen LogP contribution in [0.1, 0.15) is 34.1 Å². The lowest BCUT2D eigenvalue weighted by Crippen LogP contribution is -2.42. The standard InChI is InChI=1S/C12H21NO2/c1-6-9(5)13-11(10(14)7-2)12(15)8(3)4/h7,9,11,13,15H,2,6H2,1,3-5H3. The first kappa shape index (κ1) is 13.9. The zero-order valence-electron chi connectivity index (χ0n) is 10.0. The van der Waals surface area contributed by atoms with Crippen LogP contribution in [0.25, 0.3) is 0 Å². The van der Waals surface area contributed by atoms with E-state index in [2.05, 4.69) is 11.9 Å². The number of carbonyl (C=O) groups is 1. The summed E-state index contributed by atoms with van der Waals surface area (Å²) in [5.74, 6) is -0.103. The Balaban J connectivity index is 4.82. The molecule has 0 aliphatic carbocycles. The molecule has 0 aliphatic rings. The molecule has 3 heteroatoms. The number of nitrogens with one attached hydrogen (secondary N) is 1. The lowest BCUT2D eigenvalue weighted by atomic mass is 10.1. The van der Waals surface area contributed by atoms with Gasteiger partial charge in [0, 0.05) is 6.04 Å². The summed E-state index contributed by atoms with van der Waals surface area (Å²) in [7, 11) is 0. The third-order valence-corrected chi connectivity index (χ3v) is 2.33. The van der Waals surface area contributed by atoms with Crippen LogP contribution in [0.2, 0.25) is 0 Å². The summed E-state index contributed by atoms with van der Waals surface area (Å²) < 4.78 is 0. The molecule has 15 heavy (non-hydrogen) atoms. The third-order valence-electron chi connectivity index (χ3n) is 2.33. The van der Waals surface area contributed by atoms with Crippen molar-refractivity contribution in [2.75, 3.05) is 0 Å². The maximum absolute atomic E-state index is 11.5. The van der Waals surface area contributed by atoms with E-state index in [4.69, 9.17) is 0 Å². The van der Waals surface area contributed by atoms with Gasteiger partial charge in [0.05, 0.1) is 0 Å².